The monoisotopic (exact) mass is 315 g/mol. The van der Waals surface area contributed by atoms with Crippen molar-refractivity contribution in [3.8, 4) is 11.8 Å². The van der Waals surface area contributed by atoms with Gasteiger partial charge in [0.25, 0.3) is 0 Å². The molecule has 2 aromatic rings. The third-order valence-corrected chi connectivity index (χ3v) is 3.48. The molecule has 0 aliphatic carbocycles. The molecule has 1 unspecified atom stereocenters. The first-order valence-electron chi connectivity index (χ1n) is 7.28. The molecule has 3 rings (SSSR count). The molecule has 120 valence electrons. The largest absolute Gasteiger partial charge is 0.480 e. The van der Waals surface area contributed by atoms with Gasteiger partial charge in [-0.15, -0.1) is 0 Å². The summed E-state index contributed by atoms with van der Waals surface area (Å²) >= 11 is 0. The molecule has 1 fully saturated rings. The Balaban J connectivity index is 1.54. The zero-order valence-corrected chi connectivity index (χ0v) is 12.7. The Morgan fingerprint density at radius 3 is 3.09 bits per heavy atom. The number of amides is 1. The number of carbonyl (C=O) groups is 1. The standard InChI is InChI=1S/C16H17N3O4/c1-21-14-9-17-10-15(18-14)23-13-6-7-19(11-13)16(20)5-4-12-3-2-8-22-12/h2-5,8-10,13H,6-7,11H2,1H3. The van der Waals surface area contributed by atoms with Crippen molar-refractivity contribution >= 4 is 12.0 Å². The molecule has 2 aromatic heterocycles. The van der Waals surface area contributed by atoms with Gasteiger partial charge in [0.2, 0.25) is 17.7 Å². The summed E-state index contributed by atoms with van der Waals surface area (Å²) < 4.78 is 15.9. The van der Waals surface area contributed by atoms with E-state index < -0.39 is 0 Å². The lowest BCUT2D eigenvalue weighted by Gasteiger charge is -2.15. The predicted octanol–water partition coefficient (Wildman–Crippen LogP) is 1.77. The summed E-state index contributed by atoms with van der Waals surface area (Å²) in [7, 11) is 1.52. The Morgan fingerprint density at radius 2 is 2.30 bits per heavy atom. The number of hydrogen-bond donors (Lipinski definition) is 0. The molecule has 3 heterocycles. The van der Waals surface area contributed by atoms with Gasteiger partial charge in [0.1, 0.15) is 11.9 Å². The van der Waals surface area contributed by atoms with E-state index in [1.165, 1.54) is 25.6 Å². The first-order valence-corrected chi connectivity index (χ1v) is 7.28. The molecule has 7 nitrogen and oxygen atoms in total. The zero-order valence-electron chi connectivity index (χ0n) is 12.7. The predicted molar refractivity (Wildman–Crippen MR) is 81.9 cm³/mol. The summed E-state index contributed by atoms with van der Waals surface area (Å²) in [6, 6.07) is 3.57. The molecule has 0 spiro atoms. The van der Waals surface area contributed by atoms with Crippen LogP contribution in [0.25, 0.3) is 6.08 Å². The van der Waals surface area contributed by atoms with Gasteiger partial charge in [-0.05, 0) is 18.2 Å². The van der Waals surface area contributed by atoms with Gasteiger partial charge in [-0.1, -0.05) is 0 Å². The lowest BCUT2D eigenvalue weighted by Crippen LogP contribution is -2.29. The first-order chi connectivity index (χ1) is 11.2. The van der Waals surface area contributed by atoms with Crippen molar-refractivity contribution in [1.29, 1.82) is 0 Å². The van der Waals surface area contributed by atoms with Crippen LogP contribution < -0.4 is 9.47 Å². The summed E-state index contributed by atoms with van der Waals surface area (Å²) in [5.41, 5.74) is 0. The van der Waals surface area contributed by atoms with Crippen molar-refractivity contribution in [3.05, 3.63) is 42.6 Å². The summed E-state index contributed by atoms with van der Waals surface area (Å²) in [6.07, 6.45) is 8.42. The van der Waals surface area contributed by atoms with Crippen LogP contribution in [0.5, 0.6) is 11.8 Å². The van der Waals surface area contributed by atoms with E-state index >= 15 is 0 Å². The van der Waals surface area contributed by atoms with Crippen molar-refractivity contribution in [2.45, 2.75) is 12.5 Å². The first kappa shape index (κ1) is 15.1. The van der Waals surface area contributed by atoms with Gasteiger partial charge in [0, 0.05) is 19.0 Å². The number of carbonyl (C=O) groups excluding carboxylic acids is 1. The van der Waals surface area contributed by atoms with Crippen LogP contribution in [0.15, 0.2) is 41.3 Å². The summed E-state index contributed by atoms with van der Waals surface area (Å²) in [6.45, 7) is 1.16. The molecular formula is C16H17N3O4. The highest BCUT2D eigenvalue weighted by Crippen LogP contribution is 2.18. The van der Waals surface area contributed by atoms with Crippen LogP contribution in [-0.4, -0.2) is 47.1 Å². The van der Waals surface area contributed by atoms with E-state index in [9.17, 15) is 4.79 Å². The van der Waals surface area contributed by atoms with Crippen LogP contribution >= 0.6 is 0 Å². The topological polar surface area (TPSA) is 77.7 Å². The molecule has 0 N–H and O–H groups in total. The number of likely N-dealkylation sites (tertiary alicyclic amines) is 1. The third kappa shape index (κ3) is 3.88. The molecule has 1 saturated heterocycles. The molecule has 7 heteroatoms. The molecule has 0 bridgehead atoms. The molecular weight excluding hydrogens is 298 g/mol. The smallest absolute Gasteiger partial charge is 0.246 e. The van der Waals surface area contributed by atoms with Crippen LogP contribution in [0, 0.1) is 0 Å². The fraction of sp³-hybridized carbons (Fsp3) is 0.312. The van der Waals surface area contributed by atoms with Gasteiger partial charge in [-0.2, -0.15) is 4.98 Å². The van der Waals surface area contributed by atoms with Crippen molar-refractivity contribution in [2.24, 2.45) is 0 Å². The second-order valence-corrected chi connectivity index (χ2v) is 5.06. The van der Waals surface area contributed by atoms with Gasteiger partial charge in [-0.25, -0.2) is 0 Å². The highest BCUT2D eigenvalue weighted by molar-refractivity contribution is 5.91. The second kappa shape index (κ2) is 6.95. The minimum absolute atomic E-state index is 0.0655. The maximum atomic E-state index is 12.1. The molecule has 1 amide bonds. The molecule has 1 atom stereocenters. The lowest BCUT2D eigenvalue weighted by molar-refractivity contribution is -0.125. The van der Waals surface area contributed by atoms with Gasteiger partial charge < -0.3 is 18.8 Å². The van der Waals surface area contributed by atoms with Gasteiger partial charge in [-0.3, -0.25) is 9.78 Å². The van der Waals surface area contributed by atoms with E-state index in [0.29, 0.717) is 30.6 Å². The Bertz CT molecular complexity index is 684. The van der Waals surface area contributed by atoms with Crippen LogP contribution in [-0.2, 0) is 4.79 Å². The highest BCUT2D eigenvalue weighted by Gasteiger charge is 2.27. The number of methoxy groups -OCH3 is 1. The molecule has 0 aromatic carbocycles. The van der Waals surface area contributed by atoms with Crippen LogP contribution in [0.4, 0.5) is 0 Å². The van der Waals surface area contributed by atoms with E-state index in [2.05, 4.69) is 9.97 Å². The Labute approximate surface area is 133 Å². The maximum Gasteiger partial charge on any atom is 0.246 e. The number of nitrogens with zero attached hydrogens (tertiary/aromatic N) is 3. The molecule has 1 aliphatic heterocycles. The van der Waals surface area contributed by atoms with Crippen LogP contribution in [0.1, 0.15) is 12.2 Å². The average molecular weight is 315 g/mol. The normalized spacial score (nSPS) is 17.6. The molecule has 0 saturated carbocycles. The van der Waals surface area contributed by atoms with E-state index in [4.69, 9.17) is 13.9 Å². The molecule has 23 heavy (non-hydrogen) atoms. The highest BCUT2D eigenvalue weighted by atomic mass is 16.5. The fourth-order valence-corrected chi connectivity index (χ4v) is 2.33. The summed E-state index contributed by atoms with van der Waals surface area (Å²) in [4.78, 5) is 22.0. The second-order valence-electron chi connectivity index (χ2n) is 5.06. The lowest BCUT2D eigenvalue weighted by atomic mass is 10.3. The number of hydrogen-bond acceptors (Lipinski definition) is 6. The molecule has 1 aliphatic rings. The average Bonchev–Trinajstić information content (AvgIpc) is 3.24. The SMILES string of the molecule is COc1cncc(OC2CCN(C(=O)C=Cc3ccco3)C2)n1. The fourth-order valence-electron chi connectivity index (χ4n) is 2.33. The minimum Gasteiger partial charge on any atom is -0.480 e. The van der Waals surface area contributed by atoms with Crippen LogP contribution in [0.2, 0.25) is 0 Å². The Kier molecular flexibility index (Phi) is 4.56. The summed E-state index contributed by atoms with van der Waals surface area (Å²) in [5, 5.41) is 0. The van der Waals surface area contributed by atoms with E-state index in [0.717, 1.165) is 6.42 Å². The number of aromatic nitrogens is 2. The number of rotatable bonds is 5. The van der Waals surface area contributed by atoms with Gasteiger partial charge in [0.05, 0.1) is 32.3 Å². The number of ether oxygens (including phenoxy) is 2. The minimum atomic E-state index is -0.0997. The Hall–Kier alpha value is -2.83. The van der Waals surface area contributed by atoms with E-state index in [1.54, 1.807) is 29.4 Å². The molecule has 0 radical (unpaired) electrons. The zero-order chi connectivity index (χ0) is 16.1. The van der Waals surface area contributed by atoms with Gasteiger partial charge >= 0.3 is 0 Å². The van der Waals surface area contributed by atoms with E-state index in [1.807, 2.05) is 0 Å². The van der Waals surface area contributed by atoms with Crippen molar-refractivity contribution < 1.29 is 18.7 Å². The van der Waals surface area contributed by atoms with Gasteiger partial charge in [0.15, 0.2) is 0 Å². The maximum absolute atomic E-state index is 12.1. The Morgan fingerprint density at radius 1 is 1.43 bits per heavy atom. The van der Waals surface area contributed by atoms with E-state index in [-0.39, 0.29) is 12.0 Å². The quantitative estimate of drug-likeness (QED) is 0.783. The van der Waals surface area contributed by atoms with Crippen LogP contribution in [0.3, 0.4) is 0 Å². The number of furan rings is 1. The third-order valence-electron chi connectivity index (χ3n) is 3.48. The van der Waals surface area contributed by atoms with Crippen molar-refractivity contribution in [2.75, 3.05) is 20.2 Å². The van der Waals surface area contributed by atoms with Crippen molar-refractivity contribution in [3.63, 3.8) is 0 Å². The van der Waals surface area contributed by atoms with Crippen molar-refractivity contribution in [1.82, 2.24) is 14.9 Å². The summed E-state index contributed by atoms with van der Waals surface area (Å²) in [5.74, 6) is 1.38.